The fourth-order valence-corrected chi connectivity index (χ4v) is 1.58. The molecule has 0 spiro atoms. The van der Waals surface area contributed by atoms with Gasteiger partial charge in [0.15, 0.2) is 0 Å². The first-order valence-electron chi connectivity index (χ1n) is 5.55. The van der Waals surface area contributed by atoms with Crippen LogP contribution in [0, 0.1) is 0 Å². The largest absolute Gasteiger partial charge is 0.497 e. The molecule has 1 aromatic carbocycles. The molecule has 18 heavy (non-hydrogen) atoms. The zero-order chi connectivity index (χ0) is 13.5. The van der Waals surface area contributed by atoms with E-state index in [1.54, 1.807) is 20.3 Å². The topological polar surface area (TPSA) is 89.1 Å². The fraction of sp³-hybridized carbons (Fsp3) is 0.417. The van der Waals surface area contributed by atoms with Gasteiger partial charge in [0.25, 0.3) is 0 Å². The maximum atomic E-state index is 8.51. The van der Waals surface area contributed by atoms with Crippen molar-refractivity contribution in [3.8, 4) is 11.5 Å². The van der Waals surface area contributed by atoms with Crippen molar-refractivity contribution in [2.24, 2.45) is 10.9 Å². The smallest absolute Gasteiger partial charge is 0.141 e. The Hall–Kier alpha value is -2.11. The van der Waals surface area contributed by atoms with Gasteiger partial charge in [-0.3, -0.25) is 0 Å². The molecule has 0 heterocycles. The Morgan fingerprint density at radius 3 is 2.33 bits per heavy atom. The molecular weight excluding hydrogens is 234 g/mol. The summed E-state index contributed by atoms with van der Waals surface area (Å²) in [6.45, 7) is 1.93. The number of hydrogen-bond acceptors (Lipinski definition) is 5. The SMILES string of the molecule is COc1cc(NC(C)C/C(N)=N/O)cc(OC)c1. The number of nitrogens with zero attached hydrogens (tertiary/aromatic N) is 1. The van der Waals surface area contributed by atoms with Crippen molar-refractivity contribution in [3.63, 3.8) is 0 Å². The number of methoxy groups -OCH3 is 2. The molecule has 0 aliphatic rings. The lowest BCUT2D eigenvalue weighted by Gasteiger charge is -2.16. The van der Waals surface area contributed by atoms with E-state index in [-0.39, 0.29) is 11.9 Å². The van der Waals surface area contributed by atoms with Crippen LogP contribution in [-0.4, -0.2) is 31.3 Å². The van der Waals surface area contributed by atoms with E-state index in [2.05, 4.69) is 10.5 Å². The Balaban J connectivity index is 2.77. The molecule has 6 heteroatoms. The van der Waals surface area contributed by atoms with Crippen LogP contribution < -0.4 is 20.5 Å². The number of anilines is 1. The number of benzene rings is 1. The van der Waals surface area contributed by atoms with Gasteiger partial charge >= 0.3 is 0 Å². The average molecular weight is 253 g/mol. The number of oxime groups is 1. The molecule has 1 rings (SSSR count). The maximum Gasteiger partial charge on any atom is 0.141 e. The molecule has 1 aromatic rings. The summed E-state index contributed by atoms with van der Waals surface area (Å²) < 4.78 is 10.3. The van der Waals surface area contributed by atoms with Crippen molar-refractivity contribution in [2.45, 2.75) is 19.4 Å². The van der Waals surface area contributed by atoms with E-state index >= 15 is 0 Å². The Bertz CT molecular complexity index is 399. The minimum absolute atomic E-state index is 0.0257. The van der Waals surface area contributed by atoms with Crippen molar-refractivity contribution in [3.05, 3.63) is 18.2 Å². The second-order valence-corrected chi connectivity index (χ2v) is 3.94. The van der Waals surface area contributed by atoms with E-state index < -0.39 is 0 Å². The van der Waals surface area contributed by atoms with Gasteiger partial charge in [-0.2, -0.15) is 0 Å². The van der Waals surface area contributed by atoms with E-state index in [1.165, 1.54) is 0 Å². The maximum absolute atomic E-state index is 8.51. The van der Waals surface area contributed by atoms with Crippen molar-refractivity contribution in [2.75, 3.05) is 19.5 Å². The van der Waals surface area contributed by atoms with Crippen molar-refractivity contribution in [1.82, 2.24) is 0 Å². The second kappa shape index (κ2) is 6.58. The summed E-state index contributed by atoms with van der Waals surface area (Å²) in [6, 6.07) is 5.52. The van der Waals surface area contributed by atoms with Gasteiger partial charge in [-0.25, -0.2) is 0 Å². The molecule has 1 atom stereocenters. The lowest BCUT2D eigenvalue weighted by Crippen LogP contribution is -2.24. The van der Waals surface area contributed by atoms with Crippen LogP contribution in [0.5, 0.6) is 11.5 Å². The second-order valence-electron chi connectivity index (χ2n) is 3.94. The molecule has 6 nitrogen and oxygen atoms in total. The van der Waals surface area contributed by atoms with E-state index in [1.807, 2.05) is 19.1 Å². The van der Waals surface area contributed by atoms with Crippen LogP contribution in [0.25, 0.3) is 0 Å². The molecule has 4 N–H and O–H groups in total. The third-order valence-corrected chi connectivity index (χ3v) is 2.41. The molecule has 0 bridgehead atoms. The molecule has 0 saturated carbocycles. The van der Waals surface area contributed by atoms with Gasteiger partial charge in [-0.1, -0.05) is 5.16 Å². The third kappa shape index (κ3) is 4.04. The minimum Gasteiger partial charge on any atom is -0.497 e. The summed E-state index contributed by atoms with van der Waals surface area (Å²) in [6.07, 6.45) is 0.441. The summed E-state index contributed by atoms with van der Waals surface area (Å²) >= 11 is 0. The molecule has 0 aliphatic carbocycles. The highest BCUT2D eigenvalue weighted by molar-refractivity contribution is 5.80. The summed E-state index contributed by atoms with van der Waals surface area (Å²) in [5.74, 6) is 1.59. The molecule has 0 aromatic heterocycles. The van der Waals surface area contributed by atoms with Crippen LogP contribution >= 0.6 is 0 Å². The highest BCUT2D eigenvalue weighted by Crippen LogP contribution is 2.26. The lowest BCUT2D eigenvalue weighted by molar-refractivity contribution is 0.316. The monoisotopic (exact) mass is 253 g/mol. The summed E-state index contributed by atoms with van der Waals surface area (Å²) in [5.41, 5.74) is 6.30. The Kier molecular flexibility index (Phi) is 5.10. The lowest BCUT2D eigenvalue weighted by atomic mass is 10.2. The number of nitrogens with two attached hydrogens (primary N) is 1. The van der Waals surface area contributed by atoms with E-state index in [9.17, 15) is 0 Å². The quantitative estimate of drug-likeness (QED) is 0.310. The first-order chi connectivity index (χ1) is 8.58. The average Bonchev–Trinajstić information content (AvgIpc) is 2.37. The van der Waals surface area contributed by atoms with E-state index in [4.69, 9.17) is 20.4 Å². The first kappa shape index (κ1) is 14.0. The van der Waals surface area contributed by atoms with Crippen molar-refractivity contribution >= 4 is 11.5 Å². The molecule has 1 unspecified atom stereocenters. The molecule has 0 saturated heterocycles. The minimum atomic E-state index is 0.0257. The van der Waals surface area contributed by atoms with Crippen molar-refractivity contribution < 1.29 is 14.7 Å². The van der Waals surface area contributed by atoms with Gasteiger partial charge < -0.3 is 25.7 Å². The van der Waals surface area contributed by atoms with Crippen LogP contribution in [0.1, 0.15) is 13.3 Å². The molecule has 100 valence electrons. The van der Waals surface area contributed by atoms with Gasteiger partial charge in [0.05, 0.1) is 14.2 Å². The van der Waals surface area contributed by atoms with E-state index in [0.717, 1.165) is 5.69 Å². The molecular formula is C12H19N3O3. The van der Waals surface area contributed by atoms with Gasteiger partial charge in [-0.15, -0.1) is 0 Å². The number of nitrogens with one attached hydrogen (secondary N) is 1. The number of ether oxygens (including phenoxy) is 2. The van der Waals surface area contributed by atoms with Gasteiger partial charge in [-0.05, 0) is 6.92 Å². The predicted octanol–water partition coefficient (Wildman–Crippen LogP) is 1.64. The summed E-state index contributed by atoms with van der Waals surface area (Å²) in [7, 11) is 3.19. The zero-order valence-electron chi connectivity index (χ0n) is 10.8. The summed E-state index contributed by atoms with van der Waals surface area (Å²) in [4.78, 5) is 0. The Morgan fingerprint density at radius 2 is 1.89 bits per heavy atom. The van der Waals surface area contributed by atoms with Crippen LogP contribution in [0.2, 0.25) is 0 Å². The van der Waals surface area contributed by atoms with Crippen LogP contribution in [0.15, 0.2) is 23.4 Å². The van der Waals surface area contributed by atoms with Crippen LogP contribution in [0.4, 0.5) is 5.69 Å². The fourth-order valence-electron chi connectivity index (χ4n) is 1.58. The number of amidine groups is 1. The third-order valence-electron chi connectivity index (χ3n) is 2.41. The first-order valence-corrected chi connectivity index (χ1v) is 5.55. The normalized spacial score (nSPS) is 12.9. The molecule has 0 aliphatic heterocycles. The highest BCUT2D eigenvalue weighted by atomic mass is 16.5. The predicted molar refractivity (Wildman–Crippen MR) is 70.7 cm³/mol. The molecule has 0 amide bonds. The van der Waals surface area contributed by atoms with Crippen molar-refractivity contribution in [1.29, 1.82) is 0 Å². The van der Waals surface area contributed by atoms with Gasteiger partial charge in [0.2, 0.25) is 0 Å². The number of hydrogen-bond donors (Lipinski definition) is 3. The zero-order valence-corrected chi connectivity index (χ0v) is 10.8. The number of rotatable bonds is 6. The Labute approximate surface area is 106 Å². The van der Waals surface area contributed by atoms with Crippen LogP contribution in [-0.2, 0) is 0 Å². The van der Waals surface area contributed by atoms with Gasteiger partial charge in [0.1, 0.15) is 17.3 Å². The summed E-state index contributed by atoms with van der Waals surface area (Å²) in [5, 5.41) is 14.7. The molecule has 0 radical (unpaired) electrons. The standard InChI is InChI=1S/C12H19N3O3/c1-8(4-12(13)15-16)14-9-5-10(17-2)7-11(6-9)18-3/h5-8,14,16H,4H2,1-3H3,(H2,13,15). The highest BCUT2D eigenvalue weighted by Gasteiger charge is 2.07. The van der Waals surface area contributed by atoms with Gasteiger partial charge in [0, 0.05) is 36.3 Å². The molecule has 0 fully saturated rings. The van der Waals surface area contributed by atoms with E-state index in [0.29, 0.717) is 17.9 Å². The Morgan fingerprint density at radius 1 is 1.33 bits per heavy atom. The van der Waals surface area contributed by atoms with Crippen LogP contribution in [0.3, 0.4) is 0 Å².